The highest BCUT2D eigenvalue weighted by Gasteiger charge is 2.05. The molecule has 0 fully saturated rings. The van der Waals surface area contributed by atoms with Gasteiger partial charge in [-0.15, -0.1) is 0 Å². The summed E-state index contributed by atoms with van der Waals surface area (Å²) in [6.07, 6.45) is 0. The van der Waals surface area contributed by atoms with Crippen molar-refractivity contribution in [3.05, 3.63) is 33.5 Å². The van der Waals surface area contributed by atoms with Gasteiger partial charge in [0.05, 0.1) is 5.02 Å². The molecule has 0 N–H and O–H groups in total. The molecular formula is C9H6BrClO. The van der Waals surface area contributed by atoms with Gasteiger partial charge in [-0.2, -0.15) is 0 Å². The standard InChI is InChI=1S/C9H6BrClO/c1-5-2-6-3-7(10)4-8(11)9(6)12-5/h2-4H,1H3. The molecule has 2 aromatic rings. The Labute approximate surface area is 83.4 Å². The minimum atomic E-state index is 0.646. The van der Waals surface area contributed by atoms with E-state index >= 15 is 0 Å². The zero-order valence-corrected chi connectivity index (χ0v) is 8.74. The zero-order valence-electron chi connectivity index (χ0n) is 6.40. The molecule has 0 bridgehead atoms. The summed E-state index contributed by atoms with van der Waals surface area (Å²) in [4.78, 5) is 0. The smallest absolute Gasteiger partial charge is 0.152 e. The Morgan fingerprint density at radius 2 is 2.08 bits per heavy atom. The summed E-state index contributed by atoms with van der Waals surface area (Å²) in [5.41, 5.74) is 0.761. The highest BCUT2D eigenvalue weighted by atomic mass is 79.9. The molecule has 0 saturated heterocycles. The highest BCUT2D eigenvalue weighted by molar-refractivity contribution is 9.10. The van der Waals surface area contributed by atoms with Gasteiger partial charge in [0.1, 0.15) is 5.76 Å². The van der Waals surface area contributed by atoms with Crippen molar-refractivity contribution in [3.8, 4) is 0 Å². The maximum absolute atomic E-state index is 5.95. The van der Waals surface area contributed by atoms with E-state index in [1.54, 1.807) is 0 Å². The maximum Gasteiger partial charge on any atom is 0.152 e. The minimum absolute atomic E-state index is 0.646. The van der Waals surface area contributed by atoms with Gasteiger partial charge in [-0.1, -0.05) is 27.5 Å². The van der Waals surface area contributed by atoms with E-state index in [-0.39, 0.29) is 0 Å². The summed E-state index contributed by atoms with van der Waals surface area (Å²) in [5, 5.41) is 1.68. The molecule has 0 aliphatic heterocycles. The average molecular weight is 246 g/mol. The first-order chi connectivity index (χ1) is 5.66. The van der Waals surface area contributed by atoms with E-state index in [1.165, 1.54) is 0 Å². The van der Waals surface area contributed by atoms with Crippen molar-refractivity contribution in [2.24, 2.45) is 0 Å². The third kappa shape index (κ3) is 1.25. The van der Waals surface area contributed by atoms with E-state index in [9.17, 15) is 0 Å². The van der Waals surface area contributed by atoms with Crippen LogP contribution in [0.15, 0.2) is 27.1 Å². The van der Waals surface area contributed by atoms with Gasteiger partial charge in [0.2, 0.25) is 0 Å². The van der Waals surface area contributed by atoms with Crippen LogP contribution in [0.5, 0.6) is 0 Å². The number of benzene rings is 1. The molecule has 0 aliphatic rings. The second-order valence-electron chi connectivity index (χ2n) is 2.66. The SMILES string of the molecule is Cc1cc2cc(Br)cc(Cl)c2o1. The average Bonchev–Trinajstić information content (AvgIpc) is 2.29. The molecule has 0 aliphatic carbocycles. The monoisotopic (exact) mass is 244 g/mol. The van der Waals surface area contributed by atoms with Gasteiger partial charge in [0.25, 0.3) is 0 Å². The van der Waals surface area contributed by atoms with Crippen LogP contribution in [0.1, 0.15) is 5.76 Å². The molecule has 1 aromatic heterocycles. The zero-order chi connectivity index (χ0) is 8.72. The summed E-state index contributed by atoms with van der Waals surface area (Å²) in [6.45, 7) is 1.91. The molecule has 3 heteroatoms. The molecule has 1 heterocycles. The maximum atomic E-state index is 5.95. The van der Waals surface area contributed by atoms with Crippen molar-refractivity contribution < 1.29 is 4.42 Å². The van der Waals surface area contributed by atoms with Crippen molar-refractivity contribution in [2.75, 3.05) is 0 Å². The van der Waals surface area contributed by atoms with Gasteiger partial charge in [-0.3, -0.25) is 0 Å². The van der Waals surface area contributed by atoms with Gasteiger partial charge in [-0.05, 0) is 25.1 Å². The first-order valence-electron chi connectivity index (χ1n) is 3.52. The van der Waals surface area contributed by atoms with E-state index in [0.717, 1.165) is 21.2 Å². The molecule has 0 saturated carbocycles. The number of hydrogen-bond donors (Lipinski definition) is 0. The highest BCUT2D eigenvalue weighted by Crippen LogP contribution is 2.30. The fraction of sp³-hybridized carbons (Fsp3) is 0.111. The topological polar surface area (TPSA) is 13.1 Å². The number of hydrogen-bond acceptors (Lipinski definition) is 1. The summed E-state index contributed by atoms with van der Waals surface area (Å²) in [6, 6.07) is 5.77. The summed E-state index contributed by atoms with van der Waals surface area (Å²) in [5.74, 6) is 0.880. The molecule has 0 radical (unpaired) electrons. The van der Waals surface area contributed by atoms with E-state index in [2.05, 4.69) is 15.9 Å². The molecule has 0 atom stereocenters. The Balaban J connectivity index is 2.88. The Bertz CT molecular complexity index is 433. The molecule has 62 valence electrons. The molecule has 1 aromatic carbocycles. The number of furan rings is 1. The van der Waals surface area contributed by atoms with Crippen LogP contribution in [0.3, 0.4) is 0 Å². The lowest BCUT2D eigenvalue weighted by Gasteiger charge is -1.93. The fourth-order valence-corrected chi connectivity index (χ4v) is 2.08. The molecule has 0 amide bonds. The first-order valence-corrected chi connectivity index (χ1v) is 4.69. The summed E-state index contributed by atoms with van der Waals surface area (Å²) >= 11 is 9.32. The predicted molar refractivity (Wildman–Crippen MR) is 53.7 cm³/mol. The Kier molecular flexibility index (Phi) is 1.89. The second kappa shape index (κ2) is 2.79. The van der Waals surface area contributed by atoms with Crippen LogP contribution in [-0.4, -0.2) is 0 Å². The van der Waals surface area contributed by atoms with E-state index < -0.39 is 0 Å². The van der Waals surface area contributed by atoms with Crippen molar-refractivity contribution in [1.29, 1.82) is 0 Å². The van der Waals surface area contributed by atoms with Gasteiger partial charge in [-0.25, -0.2) is 0 Å². The van der Waals surface area contributed by atoms with Gasteiger partial charge in [0.15, 0.2) is 5.58 Å². The van der Waals surface area contributed by atoms with E-state index in [1.807, 2.05) is 25.1 Å². The largest absolute Gasteiger partial charge is 0.460 e. The van der Waals surface area contributed by atoms with Crippen LogP contribution in [-0.2, 0) is 0 Å². The first kappa shape index (κ1) is 8.14. The van der Waals surface area contributed by atoms with Crippen LogP contribution in [0.25, 0.3) is 11.0 Å². The van der Waals surface area contributed by atoms with Crippen LogP contribution in [0, 0.1) is 6.92 Å². The van der Waals surface area contributed by atoms with E-state index in [0.29, 0.717) is 5.02 Å². The lowest BCUT2D eigenvalue weighted by molar-refractivity contribution is 0.578. The van der Waals surface area contributed by atoms with Crippen molar-refractivity contribution in [2.45, 2.75) is 6.92 Å². The van der Waals surface area contributed by atoms with Crippen LogP contribution >= 0.6 is 27.5 Å². The third-order valence-corrected chi connectivity index (χ3v) is 2.40. The van der Waals surface area contributed by atoms with Crippen LogP contribution in [0.2, 0.25) is 5.02 Å². The Morgan fingerprint density at radius 3 is 2.83 bits per heavy atom. The second-order valence-corrected chi connectivity index (χ2v) is 3.99. The van der Waals surface area contributed by atoms with E-state index in [4.69, 9.17) is 16.0 Å². The number of fused-ring (bicyclic) bond motifs is 1. The quantitative estimate of drug-likeness (QED) is 0.679. The summed E-state index contributed by atoms with van der Waals surface area (Å²) in [7, 11) is 0. The van der Waals surface area contributed by atoms with Gasteiger partial charge >= 0.3 is 0 Å². The molecule has 2 rings (SSSR count). The molecule has 12 heavy (non-hydrogen) atoms. The lowest BCUT2D eigenvalue weighted by atomic mass is 10.2. The molecule has 0 spiro atoms. The Morgan fingerprint density at radius 1 is 1.33 bits per heavy atom. The summed E-state index contributed by atoms with van der Waals surface area (Å²) < 4.78 is 6.37. The van der Waals surface area contributed by atoms with Crippen molar-refractivity contribution in [3.63, 3.8) is 0 Å². The molecule has 1 nitrogen and oxygen atoms in total. The van der Waals surface area contributed by atoms with Crippen molar-refractivity contribution in [1.82, 2.24) is 0 Å². The van der Waals surface area contributed by atoms with Crippen LogP contribution in [0.4, 0.5) is 0 Å². The Hall–Kier alpha value is -0.470. The number of halogens is 2. The van der Waals surface area contributed by atoms with Gasteiger partial charge in [0, 0.05) is 9.86 Å². The van der Waals surface area contributed by atoms with Crippen molar-refractivity contribution >= 4 is 38.5 Å². The number of rotatable bonds is 0. The van der Waals surface area contributed by atoms with Crippen LogP contribution < -0.4 is 0 Å². The van der Waals surface area contributed by atoms with Gasteiger partial charge < -0.3 is 4.42 Å². The predicted octanol–water partition coefficient (Wildman–Crippen LogP) is 4.16. The molecular weight excluding hydrogens is 239 g/mol. The normalized spacial score (nSPS) is 10.9. The minimum Gasteiger partial charge on any atom is -0.460 e. The fourth-order valence-electron chi connectivity index (χ4n) is 1.20. The lowest BCUT2D eigenvalue weighted by Crippen LogP contribution is -1.67. The third-order valence-electron chi connectivity index (χ3n) is 1.66. The molecule has 0 unspecified atom stereocenters. The number of aryl methyl sites for hydroxylation is 1.